The molecule has 0 radical (unpaired) electrons. The second-order valence-corrected chi connectivity index (χ2v) is 8.75. The lowest BCUT2D eigenvalue weighted by atomic mass is 10.1. The maximum Gasteiger partial charge on any atom is 0.416 e. The molecule has 0 saturated heterocycles. The fourth-order valence-electron chi connectivity index (χ4n) is 2.99. The van der Waals surface area contributed by atoms with Crippen LogP contribution in [0.1, 0.15) is 21.5 Å². The summed E-state index contributed by atoms with van der Waals surface area (Å²) in [5.74, 6) is 0.249. The van der Waals surface area contributed by atoms with Gasteiger partial charge in [0.05, 0.1) is 17.6 Å². The zero-order chi connectivity index (χ0) is 24.1. The number of carbonyl (C=O) groups is 1. The number of nitrogens with one attached hydrogen (secondary N) is 2. The lowest BCUT2D eigenvalue weighted by molar-refractivity contribution is -0.137. The first-order valence-electron chi connectivity index (χ1n) is 9.80. The van der Waals surface area contributed by atoms with Crippen molar-refractivity contribution < 1.29 is 31.1 Å². The van der Waals surface area contributed by atoms with Gasteiger partial charge in [-0.1, -0.05) is 24.3 Å². The van der Waals surface area contributed by atoms with Crippen LogP contribution in [0, 0.1) is 0 Å². The number of hydrogen-bond acceptors (Lipinski definition) is 4. The van der Waals surface area contributed by atoms with E-state index >= 15 is 0 Å². The van der Waals surface area contributed by atoms with Crippen LogP contribution in [0.25, 0.3) is 0 Å². The number of rotatable bonds is 8. The van der Waals surface area contributed by atoms with Crippen molar-refractivity contribution in [3.8, 4) is 5.75 Å². The lowest BCUT2D eigenvalue weighted by Crippen LogP contribution is -2.26. The van der Waals surface area contributed by atoms with Crippen LogP contribution in [0.3, 0.4) is 0 Å². The molecule has 0 aliphatic rings. The van der Waals surface area contributed by atoms with Gasteiger partial charge in [-0.2, -0.15) is 13.2 Å². The van der Waals surface area contributed by atoms with Gasteiger partial charge in [0.25, 0.3) is 15.9 Å². The van der Waals surface area contributed by atoms with Gasteiger partial charge in [0.2, 0.25) is 0 Å². The maximum atomic E-state index is 12.9. The third-order valence-corrected chi connectivity index (χ3v) is 6.09. The van der Waals surface area contributed by atoms with Gasteiger partial charge in [0.15, 0.2) is 0 Å². The van der Waals surface area contributed by atoms with Crippen LogP contribution in [0.4, 0.5) is 18.9 Å². The molecule has 2 N–H and O–H groups in total. The minimum absolute atomic E-state index is 0.108. The van der Waals surface area contributed by atoms with E-state index in [9.17, 15) is 26.4 Å². The summed E-state index contributed by atoms with van der Waals surface area (Å²) in [7, 11) is -2.64. The summed E-state index contributed by atoms with van der Waals surface area (Å²) in [6.45, 7) is 0.324. The molecule has 3 aromatic rings. The molecule has 0 spiro atoms. The number of anilines is 1. The molecule has 0 unspecified atom stereocenters. The highest BCUT2D eigenvalue weighted by molar-refractivity contribution is 7.92. The minimum Gasteiger partial charge on any atom is -0.497 e. The monoisotopic (exact) mass is 478 g/mol. The van der Waals surface area contributed by atoms with Crippen molar-refractivity contribution in [3.05, 3.63) is 89.5 Å². The number of sulfonamides is 1. The zero-order valence-corrected chi connectivity index (χ0v) is 18.3. The zero-order valence-electron chi connectivity index (χ0n) is 17.5. The van der Waals surface area contributed by atoms with Crippen LogP contribution in [0.5, 0.6) is 5.75 Å². The number of ether oxygens (including phenoxy) is 1. The Bertz CT molecular complexity index is 1230. The lowest BCUT2D eigenvalue weighted by Gasteiger charge is -2.12. The maximum absolute atomic E-state index is 12.9. The van der Waals surface area contributed by atoms with Gasteiger partial charge in [-0.25, -0.2) is 8.42 Å². The van der Waals surface area contributed by atoms with Crippen molar-refractivity contribution in [3.63, 3.8) is 0 Å². The number of amides is 1. The van der Waals surface area contributed by atoms with Crippen molar-refractivity contribution in [1.29, 1.82) is 0 Å². The molecule has 0 aliphatic carbocycles. The van der Waals surface area contributed by atoms with Crippen LogP contribution in [-0.4, -0.2) is 28.0 Å². The third-order valence-electron chi connectivity index (χ3n) is 4.71. The Morgan fingerprint density at radius 2 is 1.67 bits per heavy atom. The van der Waals surface area contributed by atoms with Gasteiger partial charge in [0.1, 0.15) is 5.75 Å². The molecule has 174 valence electrons. The van der Waals surface area contributed by atoms with E-state index in [4.69, 9.17) is 4.74 Å². The smallest absolute Gasteiger partial charge is 0.416 e. The SMILES string of the molecule is COc1ccc(CCNC(=O)c2cccc(S(=O)(=O)Nc3cccc(C(F)(F)F)c3)c2)cc1. The number of carbonyl (C=O) groups excluding carboxylic acids is 1. The Kier molecular flexibility index (Phi) is 7.27. The van der Waals surface area contributed by atoms with Gasteiger partial charge in [-0.3, -0.25) is 9.52 Å². The van der Waals surface area contributed by atoms with E-state index in [-0.39, 0.29) is 16.1 Å². The molecule has 33 heavy (non-hydrogen) atoms. The van der Waals surface area contributed by atoms with Gasteiger partial charge >= 0.3 is 6.18 Å². The van der Waals surface area contributed by atoms with E-state index in [2.05, 4.69) is 10.0 Å². The van der Waals surface area contributed by atoms with E-state index in [0.717, 1.165) is 23.4 Å². The molecule has 1 amide bonds. The Labute approximate surface area is 189 Å². The molecular weight excluding hydrogens is 457 g/mol. The highest BCUT2D eigenvalue weighted by atomic mass is 32.2. The van der Waals surface area contributed by atoms with Crippen LogP contribution >= 0.6 is 0 Å². The molecule has 3 rings (SSSR count). The molecule has 0 aliphatic heterocycles. The number of halogens is 3. The highest BCUT2D eigenvalue weighted by Gasteiger charge is 2.30. The average molecular weight is 478 g/mol. The van der Waals surface area contributed by atoms with Crippen molar-refractivity contribution in [1.82, 2.24) is 5.32 Å². The van der Waals surface area contributed by atoms with Crippen LogP contribution < -0.4 is 14.8 Å². The van der Waals surface area contributed by atoms with Crippen LogP contribution in [0.15, 0.2) is 77.7 Å². The number of alkyl halides is 3. The minimum atomic E-state index is -4.61. The van der Waals surface area contributed by atoms with Crippen molar-refractivity contribution in [2.45, 2.75) is 17.5 Å². The number of benzene rings is 3. The van der Waals surface area contributed by atoms with Crippen LogP contribution in [-0.2, 0) is 22.6 Å². The van der Waals surface area contributed by atoms with E-state index < -0.39 is 27.7 Å². The van der Waals surface area contributed by atoms with Gasteiger partial charge in [-0.05, 0) is 60.5 Å². The fourth-order valence-corrected chi connectivity index (χ4v) is 4.09. The Balaban J connectivity index is 1.66. The standard InChI is InChI=1S/C23H21F3N2O4S/c1-32-20-10-8-16(9-11-20)12-13-27-22(29)17-4-2-7-21(14-17)33(30,31)28-19-6-3-5-18(15-19)23(24,25)26/h2-11,14-15,28H,12-13H2,1H3,(H,27,29). The Morgan fingerprint density at radius 3 is 2.33 bits per heavy atom. The van der Waals surface area contributed by atoms with E-state index in [1.165, 1.54) is 30.3 Å². The second kappa shape index (κ2) is 9.95. The first-order chi connectivity index (χ1) is 15.6. The summed E-state index contributed by atoms with van der Waals surface area (Å²) in [5, 5.41) is 2.72. The van der Waals surface area contributed by atoms with E-state index in [0.29, 0.717) is 19.0 Å². The summed E-state index contributed by atoms with van der Waals surface area (Å²) >= 11 is 0. The number of methoxy groups -OCH3 is 1. The topological polar surface area (TPSA) is 84.5 Å². The average Bonchev–Trinajstić information content (AvgIpc) is 2.79. The normalized spacial score (nSPS) is 11.6. The van der Waals surface area contributed by atoms with Gasteiger partial charge < -0.3 is 10.1 Å². The number of hydrogen-bond donors (Lipinski definition) is 2. The molecule has 0 heterocycles. The molecular formula is C23H21F3N2O4S. The summed E-state index contributed by atoms with van der Waals surface area (Å²) in [6, 6.07) is 16.5. The van der Waals surface area contributed by atoms with E-state index in [1.807, 2.05) is 24.3 Å². The molecule has 0 atom stereocenters. The van der Waals surface area contributed by atoms with Crippen molar-refractivity contribution in [2.24, 2.45) is 0 Å². The molecule has 0 aromatic heterocycles. The van der Waals surface area contributed by atoms with Crippen LogP contribution in [0.2, 0.25) is 0 Å². The summed E-state index contributed by atoms with van der Waals surface area (Å²) in [6.07, 6.45) is -4.05. The Morgan fingerprint density at radius 1 is 0.970 bits per heavy atom. The highest BCUT2D eigenvalue weighted by Crippen LogP contribution is 2.31. The summed E-state index contributed by atoms with van der Waals surface area (Å²) in [5.41, 5.74) is -0.124. The summed E-state index contributed by atoms with van der Waals surface area (Å²) < 4.78 is 71.2. The van der Waals surface area contributed by atoms with Gasteiger partial charge in [0, 0.05) is 17.8 Å². The first-order valence-corrected chi connectivity index (χ1v) is 11.3. The first kappa shape index (κ1) is 24.1. The predicted molar refractivity (Wildman–Crippen MR) is 118 cm³/mol. The van der Waals surface area contributed by atoms with Crippen molar-refractivity contribution in [2.75, 3.05) is 18.4 Å². The molecule has 10 heteroatoms. The molecule has 6 nitrogen and oxygen atoms in total. The quantitative estimate of drug-likeness (QED) is 0.500. The van der Waals surface area contributed by atoms with Crippen molar-refractivity contribution >= 4 is 21.6 Å². The molecule has 0 saturated carbocycles. The van der Waals surface area contributed by atoms with Gasteiger partial charge in [-0.15, -0.1) is 0 Å². The second-order valence-electron chi connectivity index (χ2n) is 7.07. The largest absolute Gasteiger partial charge is 0.497 e. The third kappa shape index (κ3) is 6.48. The Hall–Kier alpha value is -3.53. The summed E-state index contributed by atoms with van der Waals surface area (Å²) in [4.78, 5) is 12.2. The van der Waals surface area contributed by atoms with E-state index in [1.54, 1.807) is 7.11 Å². The molecule has 0 fully saturated rings. The molecule has 3 aromatic carbocycles. The fraction of sp³-hybridized carbons (Fsp3) is 0.174. The predicted octanol–water partition coefficient (Wildman–Crippen LogP) is 4.49. The molecule has 0 bridgehead atoms.